The highest BCUT2D eigenvalue weighted by atomic mass is 32.1. The highest BCUT2D eigenvalue weighted by Gasteiger charge is 2.15. The zero-order valence-electron chi connectivity index (χ0n) is 12.6. The minimum absolute atomic E-state index is 0.166. The van der Waals surface area contributed by atoms with Crippen molar-refractivity contribution in [1.82, 2.24) is 4.98 Å². The molecule has 1 atom stereocenters. The molecule has 1 N–H and O–H groups in total. The Kier molecular flexibility index (Phi) is 4.01. The fraction of sp³-hybridized carbons (Fsp3) is 0.438. The summed E-state index contributed by atoms with van der Waals surface area (Å²) in [6, 6.07) is 6.17. The van der Waals surface area contributed by atoms with Crippen molar-refractivity contribution in [2.75, 3.05) is 18.5 Å². The lowest BCUT2D eigenvalue weighted by Gasteiger charge is -2.16. The highest BCUT2D eigenvalue weighted by molar-refractivity contribution is 7.11. The van der Waals surface area contributed by atoms with Crippen molar-refractivity contribution in [3.05, 3.63) is 33.8 Å². The zero-order valence-corrected chi connectivity index (χ0v) is 13.4. The number of aryl methyl sites for hydroxylation is 2. The second-order valence-electron chi connectivity index (χ2n) is 5.25. The molecule has 2 heterocycles. The molecule has 1 aromatic carbocycles. The molecular formula is C16H20N2O2S. The van der Waals surface area contributed by atoms with Crippen LogP contribution in [0.3, 0.4) is 0 Å². The average molecular weight is 304 g/mol. The largest absolute Gasteiger partial charge is 0.490 e. The summed E-state index contributed by atoms with van der Waals surface area (Å²) < 4.78 is 11.4. The Morgan fingerprint density at radius 1 is 1.19 bits per heavy atom. The molecule has 4 nitrogen and oxygen atoms in total. The molecule has 0 fully saturated rings. The Hall–Kier alpha value is -1.75. The molecule has 21 heavy (non-hydrogen) atoms. The van der Waals surface area contributed by atoms with E-state index in [1.54, 1.807) is 11.3 Å². The van der Waals surface area contributed by atoms with Crippen molar-refractivity contribution in [2.24, 2.45) is 0 Å². The van der Waals surface area contributed by atoms with Crippen LogP contribution in [-0.4, -0.2) is 18.2 Å². The van der Waals surface area contributed by atoms with Crippen molar-refractivity contribution >= 4 is 17.0 Å². The van der Waals surface area contributed by atoms with Gasteiger partial charge in [-0.1, -0.05) is 0 Å². The summed E-state index contributed by atoms with van der Waals surface area (Å²) in [4.78, 5) is 5.87. The number of nitrogens with one attached hydrogen (secondary N) is 1. The third kappa shape index (κ3) is 3.13. The van der Waals surface area contributed by atoms with Gasteiger partial charge in [-0.2, -0.15) is 0 Å². The molecule has 5 heteroatoms. The van der Waals surface area contributed by atoms with Gasteiger partial charge in [0, 0.05) is 23.1 Å². The monoisotopic (exact) mass is 304 g/mol. The van der Waals surface area contributed by atoms with Gasteiger partial charge in [-0.15, -0.1) is 11.3 Å². The lowest BCUT2D eigenvalue weighted by atomic mass is 10.2. The summed E-state index contributed by atoms with van der Waals surface area (Å²) in [6.07, 6.45) is 0.922. The molecule has 0 spiro atoms. The van der Waals surface area contributed by atoms with Crippen molar-refractivity contribution in [3.63, 3.8) is 0 Å². The molecular weight excluding hydrogens is 284 g/mol. The van der Waals surface area contributed by atoms with Crippen molar-refractivity contribution in [1.29, 1.82) is 0 Å². The summed E-state index contributed by atoms with van der Waals surface area (Å²) >= 11 is 1.74. The fourth-order valence-corrected chi connectivity index (χ4v) is 3.43. The maximum atomic E-state index is 5.73. The van der Waals surface area contributed by atoms with E-state index in [2.05, 4.69) is 24.1 Å². The number of nitrogens with zero attached hydrogens (tertiary/aromatic N) is 1. The van der Waals surface area contributed by atoms with Gasteiger partial charge in [0.05, 0.1) is 30.0 Å². The van der Waals surface area contributed by atoms with E-state index in [1.807, 2.05) is 25.1 Å². The van der Waals surface area contributed by atoms with E-state index in [0.717, 1.165) is 34.3 Å². The summed E-state index contributed by atoms with van der Waals surface area (Å²) in [5.41, 5.74) is 2.14. The van der Waals surface area contributed by atoms with E-state index in [0.29, 0.717) is 13.2 Å². The second kappa shape index (κ2) is 5.93. The van der Waals surface area contributed by atoms with Gasteiger partial charge in [-0.05, 0) is 32.9 Å². The van der Waals surface area contributed by atoms with Crippen LogP contribution in [0.5, 0.6) is 11.5 Å². The van der Waals surface area contributed by atoms with Gasteiger partial charge >= 0.3 is 0 Å². The molecule has 2 aromatic rings. The van der Waals surface area contributed by atoms with E-state index in [1.165, 1.54) is 4.88 Å². The summed E-state index contributed by atoms with van der Waals surface area (Å²) in [7, 11) is 0. The van der Waals surface area contributed by atoms with Gasteiger partial charge in [-0.25, -0.2) is 4.98 Å². The van der Waals surface area contributed by atoms with Crippen LogP contribution in [0.25, 0.3) is 0 Å². The Labute approximate surface area is 129 Å². The first-order chi connectivity index (χ1) is 10.1. The maximum Gasteiger partial charge on any atom is 0.163 e. The van der Waals surface area contributed by atoms with Crippen LogP contribution >= 0.6 is 11.3 Å². The molecule has 0 aliphatic carbocycles. The van der Waals surface area contributed by atoms with E-state index in [9.17, 15) is 0 Å². The first kappa shape index (κ1) is 14.2. The van der Waals surface area contributed by atoms with E-state index in [-0.39, 0.29) is 6.04 Å². The normalized spacial score (nSPS) is 15.4. The molecule has 1 aliphatic rings. The first-order valence-electron chi connectivity index (χ1n) is 7.23. The minimum Gasteiger partial charge on any atom is -0.490 e. The van der Waals surface area contributed by atoms with Crippen LogP contribution in [0.15, 0.2) is 18.2 Å². The molecule has 3 rings (SSSR count). The standard InChI is InChI=1S/C16H20N2O2S/c1-10(16-11(2)21-12(3)18-16)17-13-5-6-14-15(9-13)20-8-4-7-19-14/h5-6,9-10,17H,4,7-8H2,1-3H3. The Morgan fingerprint density at radius 2 is 1.95 bits per heavy atom. The Bertz CT molecular complexity index is 639. The highest BCUT2D eigenvalue weighted by Crippen LogP contribution is 2.34. The van der Waals surface area contributed by atoms with Crippen molar-refractivity contribution in [3.8, 4) is 11.5 Å². The quantitative estimate of drug-likeness (QED) is 0.927. The molecule has 1 aliphatic heterocycles. The van der Waals surface area contributed by atoms with Gasteiger partial charge < -0.3 is 14.8 Å². The molecule has 1 unspecified atom stereocenters. The SMILES string of the molecule is Cc1nc(C(C)Nc2ccc3c(c2)OCCCO3)c(C)s1. The van der Waals surface area contributed by atoms with E-state index >= 15 is 0 Å². The number of ether oxygens (including phenoxy) is 2. The molecule has 112 valence electrons. The number of hydrogen-bond acceptors (Lipinski definition) is 5. The number of hydrogen-bond donors (Lipinski definition) is 1. The third-order valence-electron chi connectivity index (χ3n) is 3.48. The van der Waals surface area contributed by atoms with Crippen LogP contribution < -0.4 is 14.8 Å². The Morgan fingerprint density at radius 3 is 2.67 bits per heavy atom. The van der Waals surface area contributed by atoms with Gasteiger partial charge in [0.25, 0.3) is 0 Å². The topological polar surface area (TPSA) is 43.4 Å². The first-order valence-corrected chi connectivity index (χ1v) is 8.05. The fourth-order valence-electron chi connectivity index (χ4n) is 2.52. The zero-order chi connectivity index (χ0) is 14.8. The number of anilines is 1. The van der Waals surface area contributed by atoms with Crippen LogP contribution in [0, 0.1) is 13.8 Å². The van der Waals surface area contributed by atoms with Gasteiger partial charge in [-0.3, -0.25) is 0 Å². The number of benzene rings is 1. The van der Waals surface area contributed by atoms with Crippen molar-refractivity contribution in [2.45, 2.75) is 33.2 Å². The molecule has 0 bridgehead atoms. The van der Waals surface area contributed by atoms with Crippen LogP contribution in [0.4, 0.5) is 5.69 Å². The van der Waals surface area contributed by atoms with Gasteiger partial charge in [0.1, 0.15) is 0 Å². The third-order valence-corrected chi connectivity index (χ3v) is 4.38. The number of aromatic nitrogens is 1. The predicted molar refractivity (Wildman–Crippen MR) is 85.7 cm³/mol. The smallest absolute Gasteiger partial charge is 0.163 e. The lowest BCUT2D eigenvalue weighted by Crippen LogP contribution is -2.08. The molecule has 0 amide bonds. The molecule has 1 aromatic heterocycles. The van der Waals surface area contributed by atoms with Crippen LogP contribution in [-0.2, 0) is 0 Å². The molecule has 0 radical (unpaired) electrons. The summed E-state index contributed by atoms with van der Waals surface area (Å²) in [5.74, 6) is 1.64. The van der Waals surface area contributed by atoms with E-state index in [4.69, 9.17) is 9.47 Å². The second-order valence-corrected chi connectivity index (χ2v) is 6.66. The summed E-state index contributed by atoms with van der Waals surface area (Å²) in [6.45, 7) is 7.71. The predicted octanol–water partition coefficient (Wildman–Crippen LogP) is 4.09. The van der Waals surface area contributed by atoms with Crippen molar-refractivity contribution < 1.29 is 9.47 Å². The lowest BCUT2D eigenvalue weighted by molar-refractivity contribution is 0.297. The average Bonchev–Trinajstić information content (AvgIpc) is 2.66. The number of thiazole rings is 1. The van der Waals surface area contributed by atoms with Crippen LogP contribution in [0.2, 0.25) is 0 Å². The van der Waals surface area contributed by atoms with E-state index < -0.39 is 0 Å². The molecule has 0 saturated carbocycles. The molecule has 0 saturated heterocycles. The Balaban J connectivity index is 1.78. The number of rotatable bonds is 3. The van der Waals surface area contributed by atoms with Crippen LogP contribution in [0.1, 0.15) is 35.0 Å². The summed E-state index contributed by atoms with van der Waals surface area (Å²) in [5, 5.41) is 4.60. The minimum atomic E-state index is 0.166. The van der Waals surface area contributed by atoms with Gasteiger partial charge in [0.2, 0.25) is 0 Å². The van der Waals surface area contributed by atoms with Gasteiger partial charge in [0.15, 0.2) is 11.5 Å². The number of fused-ring (bicyclic) bond motifs is 1. The maximum absolute atomic E-state index is 5.73.